The van der Waals surface area contributed by atoms with E-state index in [9.17, 15) is 18.8 Å². The number of likely N-dealkylation sites (tertiary alicyclic amines) is 1. The molecule has 2 aromatic carbocycles. The monoisotopic (exact) mass is 566 g/mol. The van der Waals surface area contributed by atoms with E-state index in [2.05, 4.69) is 22.6 Å². The van der Waals surface area contributed by atoms with E-state index in [1.54, 1.807) is 35.2 Å². The molecule has 6 nitrogen and oxygen atoms in total. The molecule has 0 unspecified atom stereocenters. The van der Waals surface area contributed by atoms with Crippen LogP contribution in [0.2, 0.25) is 0 Å². The quantitative estimate of drug-likeness (QED) is 0.376. The van der Waals surface area contributed by atoms with Crippen LogP contribution >= 0.6 is 34.4 Å². The van der Waals surface area contributed by atoms with Gasteiger partial charge in [0.15, 0.2) is 0 Å². The number of hydrogen-bond acceptors (Lipinski definition) is 5. The molecule has 2 aliphatic heterocycles. The van der Waals surface area contributed by atoms with Crippen molar-refractivity contribution in [2.75, 3.05) is 19.6 Å². The summed E-state index contributed by atoms with van der Waals surface area (Å²) >= 11 is 2.96. The Morgan fingerprint density at radius 3 is 2.66 bits per heavy atom. The van der Waals surface area contributed by atoms with Crippen molar-refractivity contribution in [1.82, 2.24) is 9.80 Å². The SMILES string of the molecule is O=C(CN1C(=O)S/C(=C/c2ccc(OCc3cccc(F)c3)c(I)c2)C1=O)N1CCCC1. The van der Waals surface area contributed by atoms with Crippen molar-refractivity contribution in [3.63, 3.8) is 0 Å². The Labute approximate surface area is 202 Å². The van der Waals surface area contributed by atoms with Gasteiger partial charge in [0.25, 0.3) is 11.1 Å². The maximum absolute atomic E-state index is 13.3. The third kappa shape index (κ3) is 5.32. The van der Waals surface area contributed by atoms with Crippen LogP contribution in [0.25, 0.3) is 6.08 Å². The first kappa shape index (κ1) is 22.8. The molecular weight excluding hydrogens is 546 g/mol. The maximum atomic E-state index is 13.3. The lowest BCUT2D eigenvalue weighted by Crippen LogP contribution is -2.40. The normalized spacial score (nSPS) is 17.5. The van der Waals surface area contributed by atoms with E-state index in [4.69, 9.17) is 4.74 Å². The van der Waals surface area contributed by atoms with Crippen molar-refractivity contribution < 1.29 is 23.5 Å². The number of imide groups is 1. The zero-order valence-corrected chi connectivity index (χ0v) is 20.0. The third-order valence-corrected chi connectivity index (χ3v) is 6.91. The van der Waals surface area contributed by atoms with Crippen molar-refractivity contribution in [3.05, 3.63) is 67.9 Å². The molecule has 0 aliphatic carbocycles. The summed E-state index contributed by atoms with van der Waals surface area (Å²) in [6.07, 6.45) is 3.55. The summed E-state index contributed by atoms with van der Waals surface area (Å²) in [7, 11) is 0. The van der Waals surface area contributed by atoms with Gasteiger partial charge in [0, 0.05) is 13.1 Å². The summed E-state index contributed by atoms with van der Waals surface area (Å²) in [5, 5.41) is -0.432. The first-order valence-electron chi connectivity index (χ1n) is 10.1. The molecule has 0 spiro atoms. The zero-order valence-electron chi connectivity index (χ0n) is 17.1. The number of nitrogens with zero attached hydrogens (tertiary/aromatic N) is 2. The van der Waals surface area contributed by atoms with E-state index < -0.39 is 11.1 Å². The molecule has 0 radical (unpaired) electrons. The zero-order chi connectivity index (χ0) is 22.7. The number of ether oxygens (including phenoxy) is 1. The molecule has 2 aliphatic rings. The summed E-state index contributed by atoms with van der Waals surface area (Å²) in [6.45, 7) is 1.37. The van der Waals surface area contributed by atoms with Crippen LogP contribution in [-0.2, 0) is 16.2 Å². The first-order chi connectivity index (χ1) is 15.4. The van der Waals surface area contributed by atoms with Gasteiger partial charge >= 0.3 is 0 Å². The van der Waals surface area contributed by atoms with Crippen LogP contribution in [0, 0.1) is 9.39 Å². The van der Waals surface area contributed by atoms with Gasteiger partial charge in [0.05, 0.1) is 8.48 Å². The van der Waals surface area contributed by atoms with Crippen LogP contribution < -0.4 is 4.74 Å². The van der Waals surface area contributed by atoms with E-state index in [1.807, 2.05) is 6.07 Å². The molecule has 0 atom stereocenters. The lowest BCUT2D eigenvalue weighted by atomic mass is 10.2. The number of carbonyl (C=O) groups excluding carboxylic acids is 3. The summed E-state index contributed by atoms with van der Waals surface area (Å²) in [5.41, 5.74) is 1.46. The molecule has 2 fully saturated rings. The fourth-order valence-electron chi connectivity index (χ4n) is 3.50. The molecule has 0 N–H and O–H groups in total. The van der Waals surface area contributed by atoms with Crippen LogP contribution in [0.5, 0.6) is 5.75 Å². The van der Waals surface area contributed by atoms with E-state index in [0.29, 0.717) is 18.8 Å². The largest absolute Gasteiger partial charge is 0.488 e. The fraction of sp³-hybridized carbons (Fsp3) is 0.261. The first-order valence-corrected chi connectivity index (χ1v) is 12.0. The van der Waals surface area contributed by atoms with Crippen LogP contribution in [0.1, 0.15) is 24.0 Å². The van der Waals surface area contributed by atoms with Crippen LogP contribution in [0.3, 0.4) is 0 Å². The van der Waals surface area contributed by atoms with Gasteiger partial charge in [0.2, 0.25) is 5.91 Å². The number of carbonyl (C=O) groups is 3. The maximum Gasteiger partial charge on any atom is 0.294 e. The van der Waals surface area contributed by atoms with Gasteiger partial charge in [-0.15, -0.1) is 0 Å². The van der Waals surface area contributed by atoms with Crippen molar-refractivity contribution in [2.24, 2.45) is 0 Å². The third-order valence-electron chi connectivity index (χ3n) is 5.16. The molecule has 2 saturated heterocycles. The van der Waals surface area contributed by atoms with Gasteiger partial charge in [-0.25, -0.2) is 4.39 Å². The fourth-order valence-corrected chi connectivity index (χ4v) is 5.03. The Morgan fingerprint density at radius 1 is 1.16 bits per heavy atom. The summed E-state index contributed by atoms with van der Waals surface area (Å²) < 4.78 is 19.9. The summed E-state index contributed by atoms with van der Waals surface area (Å²) in [4.78, 5) is 40.3. The molecule has 9 heteroatoms. The molecular formula is C23H20FIN2O4S. The molecule has 3 amide bonds. The van der Waals surface area contributed by atoms with Gasteiger partial charge in [-0.05, 0) is 88.7 Å². The molecule has 2 aromatic rings. The van der Waals surface area contributed by atoms with Gasteiger partial charge in [0.1, 0.15) is 24.7 Å². The minimum Gasteiger partial charge on any atom is -0.488 e. The Kier molecular flexibility index (Phi) is 7.14. The van der Waals surface area contributed by atoms with Gasteiger partial charge < -0.3 is 9.64 Å². The molecule has 32 heavy (non-hydrogen) atoms. The second kappa shape index (κ2) is 10.0. The molecule has 0 saturated carbocycles. The predicted molar refractivity (Wildman–Crippen MR) is 128 cm³/mol. The van der Waals surface area contributed by atoms with Gasteiger partial charge in [-0.2, -0.15) is 0 Å². The van der Waals surface area contributed by atoms with Crippen molar-refractivity contribution in [2.45, 2.75) is 19.4 Å². The predicted octanol–water partition coefficient (Wildman–Crippen LogP) is 4.67. The van der Waals surface area contributed by atoms with Crippen molar-refractivity contribution in [3.8, 4) is 5.75 Å². The highest BCUT2D eigenvalue weighted by Gasteiger charge is 2.37. The second-order valence-corrected chi connectivity index (χ2v) is 9.62. The Hall–Kier alpha value is -2.40. The van der Waals surface area contributed by atoms with Crippen molar-refractivity contribution in [1.29, 1.82) is 0 Å². The number of thioether (sulfide) groups is 1. The minimum absolute atomic E-state index is 0.194. The smallest absolute Gasteiger partial charge is 0.294 e. The van der Waals surface area contributed by atoms with E-state index in [0.717, 1.165) is 44.2 Å². The number of amides is 3. The molecule has 0 bridgehead atoms. The highest BCUT2D eigenvalue weighted by molar-refractivity contribution is 14.1. The topological polar surface area (TPSA) is 66.9 Å². The lowest BCUT2D eigenvalue weighted by molar-refractivity contribution is -0.135. The van der Waals surface area contributed by atoms with Gasteiger partial charge in [-0.1, -0.05) is 18.2 Å². The number of benzene rings is 2. The summed E-state index contributed by atoms with van der Waals surface area (Å²) in [6, 6.07) is 11.6. The van der Waals surface area contributed by atoms with Crippen molar-refractivity contribution >= 4 is 57.5 Å². The highest BCUT2D eigenvalue weighted by atomic mass is 127. The number of hydrogen-bond donors (Lipinski definition) is 0. The highest BCUT2D eigenvalue weighted by Crippen LogP contribution is 2.33. The molecule has 2 heterocycles. The Bertz CT molecular complexity index is 1100. The van der Waals surface area contributed by atoms with Crippen LogP contribution in [0.15, 0.2) is 47.4 Å². The molecule has 166 valence electrons. The van der Waals surface area contributed by atoms with E-state index in [-0.39, 0.29) is 29.8 Å². The van der Waals surface area contributed by atoms with E-state index >= 15 is 0 Å². The Morgan fingerprint density at radius 2 is 1.94 bits per heavy atom. The minimum atomic E-state index is -0.450. The van der Waals surface area contributed by atoms with E-state index in [1.165, 1.54) is 12.1 Å². The summed E-state index contributed by atoms with van der Waals surface area (Å²) in [5.74, 6) is -0.321. The number of halogens is 2. The standard InChI is InChI=1S/C23H20FIN2O4S/c24-17-5-3-4-16(10-17)14-31-19-7-6-15(11-18(19)25)12-20-22(29)27(23(30)32-20)13-21(28)26-8-1-2-9-26/h3-7,10-12H,1-2,8-9,13-14H2/b20-12+. The van der Waals surface area contributed by atoms with Crippen LogP contribution in [-0.4, -0.2) is 46.5 Å². The number of rotatable bonds is 6. The van der Waals surface area contributed by atoms with Gasteiger partial charge in [-0.3, -0.25) is 19.3 Å². The van der Waals surface area contributed by atoms with Crippen LogP contribution in [0.4, 0.5) is 9.18 Å². The Balaban J connectivity index is 1.41. The molecule has 4 rings (SSSR count). The average Bonchev–Trinajstić information content (AvgIpc) is 3.38. The lowest BCUT2D eigenvalue weighted by Gasteiger charge is -2.18. The average molecular weight is 566 g/mol. The second-order valence-electron chi connectivity index (χ2n) is 7.46. The molecule has 0 aromatic heterocycles.